The second-order valence-electron chi connectivity index (χ2n) is 14.4. The van der Waals surface area contributed by atoms with Crippen LogP contribution in [0.25, 0.3) is 0 Å². The van der Waals surface area contributed by atoms with E-state index in [1.807, 2.05) is 12.1 Å². The molecule has 244 valence electrons. The fourth-order valence-electron chi connectivity index (χ4n) is 8.24. The third kappa shape index (κ3) is 5.52. The van der Waals surface area contributed by atoms with Crippen molar-refractivity contribution in [1.29, 1.82) is 0 Å². The van der Waals surface area contributed by atoms with Gasteiger partial charge < -0.3 is 9.80 Å². The van der Waals surface area contributed by atoms with Crippen molar-refractivity contribution in [3.63, 3.8) is 0 Å². The van der Waals surface area contributed by atoms with Gasteiger partial charge in [-0.15, -0.1) is 0 Å². The summed E-state index contributed by atoms with van der Waals surface area (Å²) in [6.07, 6.45) is 11.5. The molecule has 5 heteroatoms. The van der Waals surface area contributed by atoms with E-state index in [0.29, 0.717) is 0 Å². The van der Waals surface area contributed by atoms with Crippen LogP contribution in [-0.2, 0) is 10.8 Å². The number of allylic oxidation sites excluding steroid dienone is 6. The Labute approximate surface area is 296 Å². The molecular formula is C43H44Cl2N3+. The van der Waals surface area contributed by atoms with Crippen molar-refractivity contribution in [3.05, 3.63) is 165 Å². The van der Waals surface area contributed by atoms with Crippen LogP contribution in [0.4, 0.5) is 22.7 Å². The second-order valence-corrected chi connectivity index (χ2v) is 15.3. The summed E-state index contributed by atoms with van der Waals surface area (Å²) >= 11 is 13.0. The maximum absolute atomic E-state index is 6.49. The topological polar surface area (TPSA) is 10.9 Å². The molecule has 0 radical (unpaired) electrons. The fourth-order valence-corrected chi connectivity index (χ4v) is 8.58. The van der Waals surface area contributed by atoms with Crippen LogP contribution < -0.4 is 14.7 Å². The monoisotopic (exact) mass is 672 g/mol. The highest BCUT2D eigenvalue weighted by atomic mass is 35.5. The second kappa shape index (κ2) is 12.5. The average molecular weight is 674 g/mol. The molecule has 2 atom stereocenters. The highest BCUT2D eigenvalue weighted by Crippen LogP contribution is 2.48. The van der Waals surface area contributed by atoms with Crippen molar-refractivity contribution < 1.29 is 4.90 Å². The van der Waals surface area contributed by atoms with Gasteiger partial charge in [-0.3, -0.25) is 4.90 Å². The van der Waals surface area contributed by atoms with Crippen LogP contribution in [0.15, 0.2) is 144 Å². The summed E-state index contributed by atoms with van der Waals surface area (Å²) in [4.78, 5) is 6.16. The Morgan fingerprint density at radius 2 is 1.38 bits per heavy atom. The number of hydrogen-bond donors (Lipinski definition) is 1. The zero-order chi connectivity index (χ0) is 33.8. The molecule has 0 saturated heterocycles. The third-order valence-corrected chi connectivity index (χ3v) is 11.3. The van der Waals surface area contributed by atoms with Gasteiger partial charge in [0.2, 0.25) is 0 Å². The van der Waals surface area contributed by atoms with Gasteiger partial charge in [0.25, 0.3) is 0 Å². The molecule has 0 saturated carbocycles. The lowest BCUT2D eigenvalue weighted by Crippen LogP contribution is -3.07. The van der Waals surface area contributed by atoms with Crippen molar-refractivity contribution in [1.82, 2.24) is 0 Å². The Balaban J connectivity index is 1.36. The van der Waals surface area contributed by atoms with Crippen LogP contribution in [0, 0.1) is 0 Å². The van der Waals surface area contributed by atoms with Crippen LogP contribution >= 0.6 is 23.2 Å². The van der Waals surface area contributed by atoms with Gasteiger partial charge in [0.05, 0.1) is 18.2 Å². The van der Waals surface area contributed by atoms with Crippen molar-refractivity contribution in [2.24, 2.45) is 0 Å². The molecule has 2 aliphatic heterocycles. The van der Waals surface area contributed by atoms with E-state index >= 15 is 0 Å². The summed E-state index contributed by atoms with van der Waals surface area (Å²) in [7, 11) is 4.45. The van der Waals surface area contributed by atoms with Gasteiger partial charge in [0, 0.05) is 56.9 Å². The molecule has 3 aliphatic rings. The van der Waals surface area contributed by atoms with E-state index in [1.54, 1.807) is 0 Å². The lowest BCUT2D eigenvalue weighted by Gasteiger charge is -2.29. The minimum Gasteiger partial charge on any atom is -0.347 e. The number of hydrogen-bond acceptors (Lipinski definition) is 2. The number of nitrogens with one attached hydrogen (secondary N) is 1. The Bertz CT molecular complexity index is 1950. The maximum Gasteiger partial charge on any atom is 0.135 e. The standard InChI is InChI=1S/C43H43Cl2N3/c1-42(2)35-27-31(44)21-23-37(35)46(5)39(42)25-19-29-17-18-30(20-26-40-43(3,4)36-28-32(45)22-24-38(36)47(40)6)41(29)48(33-13-9-7-10-14-33)34-15-11-8-12-16-34/h7-16,19-28,39H,17-18H2,1-6H3/p+1. The van der Waals surface area contributed by atoms with E-state index in [-0.39, 0.29) is 16.9 Å². The first-order chi connectivity index (χ1) is 23.0. The molecule has 1 aliphatic carbocycles. The van der Waals surface area contributed by atoms with Crippen LogP contribution in [-0.4, -0.2) is 20.1 Å². The molecule has 2 heterocycles. The van der Waals surface area contributed by atoms with E-state index in [0.717, 1.165) is 34.3 Å². The molecule has 2 unspecified atom stereocenters. The maximum atomic E-state index is 6.49. The summed E-state index contributed by atoms with van der Waals surface area (Å²) < 4.78 is 0. The minimum absolute atomic E-state index is 0.0572. The Morgan fingerprint density at radius 1 is 0.771 bits per heavy atom. The predicted octanol–water partition coefficient (Wildman–Crippen LogP) is 10.5. The van der Waals surface area contributed by atoms with Crippen molar-refractivity contribution in [2.45, 2.75) is 57.4 Å². The van der Waals surface area contributed by atoms with Crippen LogP contribution in [0.1, 0.15) is 51.7 Å². The van der Waals surface area contributed by atoms with Crippen molar-refractivity contribution in [2.75, 3.05) is 23.9 Å². The van der Waals surface area contributed by atoms with Gasteiger partial charge in [0.15, 0.2) is 0 Å². The molecule has 4 aromatic rings. The summed E-state index contributed by atoms with van der Waals surface area (Å²) in [6, 6.07) is 34.4. The molecule has 0 amide bonds. The van der Waals surface area contributed by atoms with Gasteiger partial charge in [-0.05, 0) is 110 Å². The number of nitrogens with zero attached hydrogens (tertiary/aromatic N) is 2. The summed E-state index contributed by atoms with van der Waals surface area (Å²) in [5.41, 5.74) is 12.4. The molecule has 7 rings (SSSR count). The summed E-state index contributed by atoms with van der Waals surface area (Å²) in [5.74, 6) is 0. The minimum atomic E-state index is -0.172. The number of rotatable bonds is 6. The van der Waals surface area contributed by atoms with Gasteiger partial charge in [-0.1, -0.05) is 85.6 Å². The summed E-state index contributed by atoms with van der Waals surface area (Å²) in [5, 5.41) is 1.57. The first-order valence-corrected chi connectivity index (χ1v) is 17.6. The molecule has 3 nitrogen and oxygen atoms in total. The van der Waals surface area contributed by atoms with Gasteiger partial charge in [0.1, 0.15) is 11.7 Å². The Kier molecular flexibility index (Phi) is 8.44. The predicted molar refractivity (Wildman–Crippen MR) is 204 cm³/mol. The highest BCUT2D eigenvalue weighted by molar-refractivity contribution is 6.31. The molecule has 0 spiro atoms. The molecular weight excluding hydrogens is 629 g/mol. The Hall–Kier alpha value is -4.02. The highest BCUT2D eigenvalue weighted by Gasteiger charge is 2.46. The number of halogens is 2. The van der Waals surface area contributed by atoms with Crippen molar-refractivity contribution >= 4 is 46.0 Å². The van der Waals surface area contributed by atoms with Gasteiger partial charge in [-0.2, -0.15) is 0 Å². The average Bonchev–Trinajstić information content (AvgIpc) is 3.61. The molecule has 4 aromatic carbocycles. The third-order valence-electron chi connectivity index (χ3n) is 10.8. The van der Waals surface area contributed by atoms with E-state index < -0.39 is 0 Å². The Morgan fingerprint density at radius 3 is 2.02 bits per heavy atom. The zero-order valence-corrected chi connectivity index (χ0v) is 30.2. The number of fused-ring (bicyclic) bond motifs is 2. The molecule has 0 bridgehead atoms. The lowest BCUT2D eigenvalue weighted by atomic mass is 9.80. The molecule has 48 heavy (non-hydrogen) atoms. The normalized spacial score (nSPS) is 22.6. The van der Waals surface area contributed by atoms with E-state index in [1.165, 1.54) is 49.9 Å². The number of para-hydroxylation sites is 2. The SMILES string of the molecule is CN1C(=CC=C2CCC(C=CC3[NH+](C)c4ccc(Cl)cc4C3(C)C)=C2N(c2ccccc2)c2ccccc2)C(C)(C)c2cc(Cl)ccc21. The van der Waals surface area contributed by atoms with Crippen LogP contribution in [0.5, 0.6) is 0 Å². The smallest absolute Gasteiger partial charge is 0.135 e. The summed E-state index contributed by atoms with van der Waals surface area (Å²) in [6.45, 7) is 9.28. The molecule has 0 fully saturated rings. The van der Waals surface area contributed by atoms with E-state index in [2.05, 4.69) is 161 Å². The van der Waals surface area contributed by atoms with E-state index in [9.17, 15) is 0 Å². The first kappa shape index (κ1) is 32.5. The first-order valence-electron chi connectivity index (χ1n) is 16.9. The van der Waals surface area contributed by atoms with Gasteiger partial charge in [-0.25, -0.2) is 0 Å². The number of quaternary nitrogens is 1. The fraction of sp³-hybridized carbons (Fsp3) is 0.256. The quantitative estimate of drug-likeness (QED) is 0.219. The number of benzene rings is 4. The lowest BCUT2D eigenvalue weighted by molar-refractivity contribution is -0.828. The van der Waals surface area contributed by atoms with Gasteiger partial charge >= 0.3 is 0 Å². The van der Waals surface area contributed by atoms with E-state index in [4.69, 9.17) is 23.2 Å². The van der Waals surface area contributed by atoms with Crippen molar-refractivity contribution in [3.8, 4) is 0 Å². The molecule has 0 aromatic heterocycles. The largest absolute Gasteiger partial charge is 0.347 e. The zero-order valence-electron chi connectivity index (χ0n) is 28.7. The van der Waals surface area contributed by atoms with Crippen LogP contribution in [0.2, 0.25) is 10.0 Å². The number of anilines is 3. The molecule has 1 N–H and O–H groups in total. The number of likely N-dealkylation sites (N-methyl/N-ethyl adjacent to an activating group) is 2. The van der Waals surface area contributed by atoms with Crippen LogP contribution in [0.3, 0.4) is 0 Å².